The molecule has 2 saturated carbocycles. The normalized spacial score (nSPS) is 25.6. The van der Waals surface area contributed by atoms with Crippen molar-refractivity contribution in [3.8, 4) is 11.5 Å². The number of para-hydroxylation sites is 2. The monoisotopic (exact) mass is 403 g/mol. The lowest BCUT2D eigenvalue weighted by atomic mass is 9.90. The van der Waals surface area contributed by atoms with E-state index in [9.17, 15) is 9.90 Å². The van der Waals surface area contributed by atoms with Crippen LogP contribution in [0, 0.1) is 5.92 Å². The van der Waals surface area contributed by atoms with Gasteiger partial charge in [-0.3, -0.25) is 0 Å². The summed E-state index contributed by atoms with van der Waals surface area (Å²) in [5.41, 5.74) is 0. The molecule has 1 saturated heterocycles. The molecule has 1 unspecified atom stereocenters. The van der Waals surface area contributed by atoms with E-state index in [2.05, 4.69) is 10.6 Å². The maximum Gasteiger partial charge on any atom is 0.317 e. The zero-order valence-electron chi connectivity index (χ0n) is 17.0. The van der Waals surface area contributed by atoms with Gasteiger partial charge in [-0.1, -0.05) is 12.1 Å². The summed E-state index contributed by atoms with van der Waals surface area (Å²) < 4.78 is 11.7. The van der Waals surface area contributed by atoms with Gasteiger partial charge in [0, 0.05) is 31.7 Å². The van der Waals surface area contributed by atoms with Gasteiger partial charge >= 0.3 is 6.03 Å². The molecule has 7 nitrogen and oxygen atoms in total. The van der Waals surface area contributed by atoms with Gasteiger partial charge in [-0.25, -0.2) is 4.79 Å². The van der Waals surface area contributed by atoms with Gasteiger partial charge in [-0.2, -0.15) is 0 Å². The number of carbonyl (C=O) groups is 1. The highest BCUT2D eigenvalue weighted by atomic mass is 16.5. The first-order valence-electron chi connectivity index (χ1n) is 11.0. The number of hydrogen-bond donors (Lipinski definition) is 3. The molecule has 2 aliphatic carbocycles. The van der Waals surface area contributed by atoms with E-state index >= 15 is 0 Å². The van der Waals surface area contributed by atoms with E-state index in [4.69, 9.17) is 9.47 Å². The van der Waals surface area contributed by atoms with Gasteiger partial charge in [0.2, 0.25) is 0 Å². The number of amides is 2. The van der Waals surface area contributed by atoms with Crippen LogP contribution in [-0.2, 0) is 0 Å². The van der Waals surface area contributed by atoms with Crippen molar-refractivity contribution in [1.82, 2.24) is 15.5 Å². The average molecular weight is 404 g/mol. The molecule has 1 aromatic rings. The topological polar surface area (TPSA) is 83.1 Å². The maximum atomic E-state index is 11.8. The molecule has 0 bridgehead atoms. The van der Waals surface area contributed by atoms with E-state index < -0.39 is 6.10 Å². The van der Waals surface area contributed by atoms with E-state index in [0.717, 1.165) is 51.1 Å². The van der Waals surface area contributed by atoms with Crippen molar-refractivity contribution in [1.29, 1.82) is 0 Å². The summed E-state index contributed by atoms with van der Waals surface area (Å²) >= 11 is 0. The first-order valence-corrected chi connectivity index (χ1v) is 11.0. The first-order chi connectivity index (χ1) is 14.2. The van der Waals surface area contributed by atoms with Crippen LogP contribution in [0.4, 0.5) is 4.79 Å². The summed E-state index contributed by atoms with van der Waals surface area (Å²) in [5.74, 6) is 2.13. The standard InChI is InChI=1S/C22H33N3O4/c26-19(15-29-21-4-2-1-3-20(21)28-14-16-5-6-16)13-24-17-7-9-18(10-8-17)25-12-11-23-22(25)27/h1-4,16-19,24,26H,5-15H2,(H,23,27)/t17-,18+,19?. The summed E-state index contributed by atoms with van der Waals surface area (Å²) in [6, 6.07) is 8.49. The fourth-order valence-electron chi connectivity index (χ4n) is 4.15. The molecule has 2 amide bonds. The lowest BCUT2D eigenvalue weighted by molar-refractivity contribution is 0.0971. The Morgan fingerprint density at radius 3 is 2.48 bits per heavy atom. The number of aliphatic hydroxyl groups is 1. The van der Waals surface area contributed by atoms with Crippen LogP contribution >= 0.6 is 0 Å². The Hall–Kier alpha value is -1.99. The molecule has 1 heterocycles. The van der Waals surface area contributed by atoms with Crippen LogP contribution in [0.25, 0.3) is 0 Å². The number of ether oxygens (including phenoxy) is 2. The quantitative estimate of drug-likeness (QED) is 0.558. The molecular formula is C22H33N3O4. The molecule has 3 N–H and O–H groups in total. The molecule has 160 valence electrons. The number of carbonyl (C=O) groups excluding carboxylic acids is 1. The van der Waals surface area contributed by atoms with Crippen molar-refractivity contribution < 1.29 is 19.4 Å². The lowest BCUT2D eigenvalue weighted by Gasteiger charge is -2.34. The highest BCUT2D eigenvalue weighted by Gasteiger charge is 2.31. The molecule has 0 radical (unpaired) electrons. The summed E-state index contributed by atoms with van der Waals surface area (Å²) in [5, 5.41) is 16.7. The highest BCUT2D eigenvalue weighted by molar-refractivity contribution is 5.76. The molecule has 7 heteroatoms. The first kappa shape index (κ1) is 20.3. The largest absolute Gasteiger partial charge is 0.489 e. The lowest BCUT2D eigenvalue weighted by Crippen LogP contribution is -2.45. The van der Waals surface area contributed by atoms with Gasteiger partial charge in [0.15, 0.2) is 11.5 Å². The smallest absolute Gasteiger partial charge is 0.317 e. The SMILES string of the molecule is O=C1NCCN1[C@H]1CC[C@@H](NCC(O)COc2ccccc2OCC2CC2)CC1. The third-order valence-corrected chi connectivity index (χ3v) is 6.12. The van der Waals surface area contributed by atoms with Crippen molar-refractivity contribution in [2.75, 3.05) is 32.8 Å². The van der Waals surface area contributed by atoms with Crippen molar-refractivity contribution in [2.45, 2.75) is 56.7 Å². The number of urea groups is 1. The van der Waals surface area contributed by atoms with Crippen molar-refractivity contribution in [3.05, 3.63) is 24.3 Å². The van der Waals surface area contributed by atoms with E-state index in [1.54, 1.807) is 0 Å². The van der Waals surface area contributed by atoms with Gasteiger partial charge < -0.3 is 30.1 Å². The summed E-state index contributed by atoms with van der Waals surface area (Å²) in [4.78, 5) is 13.8. The Kier molecular flexibility index (Phi) is 6.77. The summed E-state index contributed by atoms with van der Waals surface area (Å²) in [6.45, 7) is 3.07. The molecule has 3 fully saturated rings. The Balaban J connectivity index is 1.14. The molecule has 29 heavy (non-hydrogen) atoms. The van der Waals surface area contributed by atoms with Crippen LogP contribution in [0.15, 0.2) is 24.3 Å². The minimum Gasteiger partial charge on any atom is -0.489 e. The average Bonchev–Trinajstić information content (AvgIpc) is 3.49. The second kappa shape index (κ2) is 9.67. The third-order valence-electron chi connectivity index (χ3n) is 6.12. The predicted octanol–water partition coefficient (Wildman–Crippen LogP) is 2.14. The van der Waals surface area contributed by atoms with E-state index in [0.29, 0.717) is 30.3 Å². The molecule has 1 aliphatic heterocycles. The minimum atomic E-state index is -0.575. The fraction of sp³-hybridized carbons (Fsp3) is 0.682. The van der Waals surface area contributed by atoms with Gasteiger partial charge in [0.25, 0.3) is 0 Å². The second-order valence-corrected chi connectivity index (χ2v) is 8.50. The van der Waals surface area contributed by atoms with Crippen molar-refractivity contribution >= 4 is 6.03 Å². The molecule has 4 rings (SSSR count). The summed E-state index contributed by atoms with van der Waals surface area (Å²) in [7, 11) is 0. The van der Waals surface area contributed by atoms with E-state index in [1.165, 1.54) is 12.8 Å². The molecule has 1 aromatic carbocycles. The molecule has 3 aliphatic rings. The van der Waals surface area contributed by atoms with Gasteiger partial charge in [-0.15, -0.1) is 0 Å². The molecule has 0 spiro atoms. The molecular weight excluding hydrogens is 370 g/mol. The maximum absolute atomic E-state index is 11.8. The van der Waals surface area contributed by atoms with Crippen LogP contribution in [0.2, 0.25) is 0 Å². The fourth-order valence-corrected chi connectivity index (χ4v) is 4.15. The number of benzene rings is 1. The molecule has 1 atom stereocenters. The number of nitrogens with zero attached hydrogens (tertiary/aromatic N) is 1. The number of aliphatic hydroxyl groups excluding tert-OH is 1. The zero-order valence-corrected chi connectivity index (χ0v) is 17.0. The van der Waals surface area contributed by atoms with Gasteiger partial charge in [0.1, 0.15) is 12.7 Å². The second-order valence-electron chi connectivity index (χ2n) is 8.50. The van der Waals surface area contributed by atoms with Crippen LogP contribution in [-0.4, -0.2) is 67.1 Å². The molecule has 0 aromatic heterocycles. The Labute approximate surface area is 172 Å². The van der Waals surface area contributed by atoms with Crippen LogP contribution in [0.5, 0.6) is 11.5 Å². The van der Waals surface area contributed by atoms with Crippen molar-refractivity contribution in [2.24, 2.45) is 5.92 Å². The Bertz CT molecular complexity index is 674. The Morgan fingerprint density at radius 1 is 1.10 bits per heavy atom. The van der Waals surface area contributed by atoms with Crippen molar-refractivity contribution in [3.63, 3.8) is 0 Å². The number of nitrogens with one attached hydrogen (secondary N) is 2. The minimum absolute atomic E-state index is 0.0790. The Morgan fingerprint density at radius 2 is 1.83 bits per heavy atom. The predicted molar refractivity (Wildman–Crippen MR) is 110 cm³/mol. The van der Waals surface area contributed by atoms with E-state index in [1.807, 2.05) is 29.2 Å². The van der Waals surface area contributed by atoms with Gasteiger partial charge in [0.05, 0.1) is 6.61 Å². The highest BCUT2D eigenvalue weighted by Crippen LogP contribution is 2.32. The van der Waals surface area contributed by atoms with E-state index in [-0.39, 0.29) is 12.6 Å². The number of hydrogen-bond acceptors (Lipinski definition) is 5. The van der Waals surface area contributed by atoms with Crippen LogP contribution < -0.4 is 20.1 Å². The van der Waals surface area contributed by atoms with Crippen LogP contribution in [0.3, 0.4) is 0 Å². The summed E-state index contributed by atoms with van der Waals surface area (Å²) in [6.07, 6.45) is 6.02. The van der Waals surface area contributed by atoms with Gasteiger partial charge in [-0.05, 0) is 56.6 Å². The van der Waals surface area contributed by atoms with Crippen LogP contribution in [0.1, 0.15) is 38.5 Å². The number of rotatable bonds is 10. The zero-order chi connectivity index (χ0) is 20.1. The third kappa shape index (κ3) is 5.76.